The quantitative estimate of drug-likeness (QED) is 0.785. The monoisotopic (exact) mass is 392 g/mol. The zero-order valence-electron chi connectivity index (χ0n) is 12.3. The Labute approximate surface area is 148 Å². The molecule has 24 heavy (non-hydrogen) atoms. The minimum atomic E-state index is -4.20. The molecule has 0 amide bonds. The van der Waals surface area contributed by atoms with Crippen LogP contribution in [0.1, 0.15) is 5.56 Å². The molecule has 3 rings (SSSR count). The van der Waals surface area contributed by atoms with Crippen molar-refractivity contribution in [1.82, 2.24) is 9.55 Å². The predicted molar refractivity (Wildman–Crippen MR) is 87.6 cm³/mol. The highest BCUT2D eigenvalue weighted by Crippen LogP contribution is 2.40. The first-order valence-electron chi connectivity index (χ1n) is 6.96. The van der Waals surface area contributed by atoms with E-state index in [1.807, 2.05) is 0 Å². The van der Waals surface area contributed by atoms with Gasteiger partial charge in [-0.05, 0) is 12.1 Å². The van der Waals surface area contributed by atoms with Crippen molar-refractivity contribution in [3.8, 4) is 0 Å². The van der Waals surface area contributed by atoms with E-state index in [0.717, 1.165) is 0 Å². The fourth-order valence-corrected chi connectivity index (χ4v) is 3.80. The molecule has 1 N–H and O–H groups in total. The number of hydrogen-bond acceptors (Lipinski definition) is 5. The molecule has 7 nitrogen and oxygen atoms in total. The van der Waals surface area contributed by atoms with Gasteiger partial charge >= 0.3 is 0 Å². The van der Waals surface area contributed by atoms with Crippen LogP contribution in [0.5, 0.6) is 0 Å². The van der Waals surface area contributed by atoms with Crippen molar-refractivity contribution in [3.63, 3.8) is 0 Å². The molecule has 2 atom stereocenters. The van der Waals surface area contributed by atoms with Gasteiger partial charge in [0.05, 0.1) is 24.5 Å². The van der Waals surface area contributed by atoms with Crippen LogP contribution in [0.2, 0.25) is 10.0 Å². The van der Waals surface area contributed by atoms with Gasteiger partial charge in [-0.15, -0.1) is 0 Å². The normalized spacial score (nSPS) is 24.4. The average molecular weight is 393 g/mol. The van der Waals surface area contributed by atoms with Gasteiger partial charge in [0, 0.05) is 23.0 Å². The third kappa shape index (κ3) is 3.90. The summed E-state index contributed by atoms with van der Waals surface area (Å²) in [5.41, 5.74) is 0.514. The summed E-state index contributed by atoms with van der Waals surface area (Å²) in [7, 11) is -4.20. The minimum Gasteiger partial charge on any atom is -0.342 e. The fourth-order valence-electron chi connectivity index (χ4n) is 2.61. The first-order chi connectivity index (χ1) is 11.3. The van der Waals surface area contributed by atoms with Crippen molar-refractivity contribution in [2.45, 2.75) is 18.4 Å². The summed E-state index contributed by atoms with van der Waals surface area (Å²) in [5.74, 6) is -1.87. The van der Waals surface area contributed by atoms with Crippen molar-refractivity contribution in [1.29, 1.82) is 0 Å². The summed E-state index contributed by atoms with van der Waals surface area (Å²) in [6, 6.07) is 4.86. The Bertz CT molecular complexity index is 828. The van der Waals surface area contributed by atoms with Gasteiger partial charge in [-0.1, -0.05) is 29.3 Å². The molecule has 1 fully saturated rings. The lowest BCUT2D eigenvalue weighted by Gasteiger charge is -2.29. The number of hydrogen-bond donors (Lipinski definition) is 1. The predicted octanol–water partition coefficient (Wildman–Crippen LogP) is 2.35. The molecule has 0 aliphatic carbocycles. The summed E-state index contributed by atoms with van der Waals surface area (Å²) < 4.78 is 44.7. The van der Waals surface area contributed by atoms with Crippen LogP contribution in [0, 0.1) is 0 Å². The van der Waals surface area contributed by atoms with Gasteiger partial charge in [-0.25, -0.2) is 4.98 Å². The third-order valence-corrected chi connectivity index (χ3v) is 4.89. The Morgan fingerprint density at radius 3 is 2.83 bits per heavy atom. The van der Waals surface area contributed by atoms with E-state index < -0.39 is 27.8 Å². The molecule has 0 spiro atoms. The van der Waals surface area contributed by atoms with Crippen LogP contribution in [0.15, 0.2) is 36.9 Å². The van der Waals surface area contributed by atoms with Crippen LogP contribution >= 0.6 is 23.2 Å². The van der Waals surface area contributed by atoms with E-state index in [-0.39, 0.29) is 13.2 Å². The maximum Gasteiger partial charge on any atom is 0.267 e. The number of imidazole rings is 1. The standard InChI is InChI=1S/C14H14Cl2N2O5S/c15-10-1-2-12(13(16)5-10)14(8-18-4-3-17-9-18)22-6-11(23-14)7-24(19,20)21/h1-5,9,11H,6-8H2,(H,19,20,21)/t11-,14+/m0/s1. The maximum atomic E-state index is 11.1. The highest BCUT2D eigenvalue weighted by molar-refractivity contribution is 7.85. The van der Waals surface area contributed by atoms with Gasteiger partial charge in [-0.3, -0.25) is 4.55 Å². The highest BCUT2D eigenvalue weighted by atomic mass is 35.5. The molecule has 2 aromatic rings. The number of benzene rings is 1. The lowest BCUT2D eigenvalue weighted by Crippen LogP contribution is -2.34. The van der Waals surface area contributed by atoms with E-state index in [1.165, 1.54) is 0 Å². The van der Waals surface area contributed by atoms with Crippen LogP contribution in [0.4, 0.5) is 0 Å². The van der Waals surface area contributed by atoms with E-state index in [4.69, 9.17) is 37.2 Å². The molecule has 10 heteroatoms. The largest absolute Gasteiger partial charge is 0.342 e. The zero-order chi connectivity index (χ0) is 17.4. The van der Waals surface area contributed by atoms with Crippen LogP contribution in [-0.4, -0.2) is 41.0 Å². The third-order valence-electron chi connectivity index (χ3n) is 3.55. The zero-order valence-corrected chi connectivity index (χ0v) is 14.6. The van der Waals surface area contributed by atoms with Crippen molar-refractivity contribution in [2.24, 2.45) is 0 Å². The SMILES string of the molecule is O=S(=O)(O)C[C@@H]1CO[C@@](Cn2ccnc2)(c2ccc(Cl)cc2Cl)O1. The second kappa shape index (κ2) is 6.62. The van der Waals surface area contributed by atoms with E-state index in [2.05, 4.69) is 4.98 Å². The van der Waals surface area contributed by atoms with Gasteiger partial charge in [0.2, 0.25) is 5.79 Å². The van der Waals surface area contributed by atoms with Gasteiger partial charge in [-0.2, -0.15) is 8.42 Å². The van der Waals surface area contributed by atoms with Gasteiger partial charge in [0.1, 0.15) is 11.9 Å². The molecular formula is C14H14Cl2N2O5S. The van der Waals surface area contributed by atoms with Crippen molar-refractivity contribution < 1.29 is 22.4 Å². The van der Waals surface area contributed by atoms with Gasteiger partial charge in [0.25, 0.3) is 10.1 Å². The summed E-state index contributed by atoms with van der Waals surface area (Å²) in [6.07, 6.45) is 4.07. The first-order valence-corrected chi connectivity index (χ1v) is 9.32. The summed E-state index contributed by atoms with van der Waals surface area (Å²) in [4.78, 5) is 3.97. The van der Waals surface area contributed by atoms with Crippen LogP contribution in [-0.2, 0) is 31.9 Å². The Hall–Kier alpha value is -1.16. The highest BCUT2D eigenvalue weighted by Gasteiger charge is 2.46. The Kier molecular flexibility index (Phi) is 4.87. The van der Waals surface area contributed by atoms with E-state index in [1.54, 1.807) is 41.5 Å². The van der Waals surface area contributed by atoms with Gasteiger partial charge in [0.15, 0.2) is 0 Å². The lowest BCUT2D eigenvalue weighted by atomic mass is 10.1. The molecule has 1 aliphatic rings. The van der Waals surface area contributed by atoms with Crippen molar-refractivity contribution in [3.05, 3.63) is 52.5 Å². The topological polar surface area (TPSA) is 90.7 Å². The Balaban J connectivity index is 1.96. The Morgan fingerprint density at radius 1 is 1.42 bits per heavy atom. The number of ether oxygens (including phenoxy) is 2. The summed E-state index contributed by atoms with van der Waals surface area (Å²) in [5, 5.41) is 0.782. The second-order valence-corrected chi connectivity index (χ2v) is 7.75. The molecule has 0 saturated carbocycles. The molecule has 1 aromatic carbocycles. The van der Waals surface area contributed by atoms with Gasteiger partial charge < -0.3 is 14.0 Å². The minimum absolute atomic E-state index is 0.00651. The van der Waals surface area contributed by atoms with E-state index in [9.17, 15) is 8.42 Å². The molecule has 0 unspecified atom stereocenters. The molecule has 0 bridgehead atoms. The number of nitrogens with zero attached hydrogens (tertiary/aromatic N) is 2. The first kappa shape index (κ1) is 17.7. The molecule has 130 valence electrons. The second-order valence-electron chi connectivity index (χ2n) is 5.41. The number of halogens is 2. The molecule has 1 aromatic heterocycles. The average Bonchev–Trinajstić information content (AvgIpc) is 3.08. The lowest BCUT2D eigenvalue weighted by molar-refractivity contribution is -0.184. The molecule has 2 heterocycles. The maximum absolute atomic E-state index is 11.1. The van der Waals surface area contributed by atoms with Crippen LogP contribution in [0.25, 0.3) is 0 Å². The van der Waals surface area contributed by atoms with Crippen LogP contribution < -0.4 is 0 Å². The fraction of sp³-hybridized carbons (Fsp3) is 0.357. The van der Waals surface area contributed by atoms with Crippen molar-refractivity contribution in [2.75, 3.05) is 12.4 Å². The Morgan fingerprint density at radius 2 is 2.21 bits per heavy atom. The molecule has 1 saturated heterocycles. The molecule has 1 aliphatic heterocycles. The number of rotatable bonds is 5. The van der Waals surface area contributed by atoms with Crippen molar-refractivity contribution >= 4 is 33.3 Å². The smallest absolute Gasteiger partial charge is 0.267 e. The summed E-state index contributed by atoms with van der Waals surface area (Å²) in [6.45, 7) is 0.198. The summed E-state index contributed by atoms with van der Waals surface area (Å²) >= 11 is 12.2. The number of aromatic nitrogens is 2. The van der Waals surface area contributed by atoms with E-state index in [0.29, 0.717) is 15.6 Å². The molecule has 0 radical (unpaired) electrons. The molecular weight excluding hydrogens is 379 g/mol. The van der Waals surface area contributed by atoms with E-state index >= 15 is 0 Å². The van der Waals surface area contributed by atoms with Crippen LogP contribution in [0.3, 0.4) is 0 Å².